The fourth-order valence-electron chi connectivity index (χ4n) is 5.34. The number of nitrogens with two attached hydrogens (primary N) is 4. The number of ether oxygens (including phenoxy) is 3. The van der Waals surface area contributed by atoms with Crippen LogP contribution in [0, 0.1) is 0 Å². The lowest BCUT2D eigenvalue weighted by atomic mass is 10.3. The number of nitrogens with zero attached hydrogens (tertiary/aromatic N) is 11. The van der Waals surface area contributed by atoms with Crippen molar-refractivity contribution in [3.05, 3.63) is 35.7 Å². The Morgan fingerprint density at radius 2 is 1.37 bits per heavy atom. The number of hydrogen-bond donors (Lipinski definition) is 7. The lowest BCUT2D eigenvalue weighted by Crippen LogP contribution is -2.29. The maximum atomic E-state index is 11.6. The van der Waals surface area contributed by atoms with Gasteiger partial charge in [0.15, 0.2) is 34.1 Å². The summed E-state index contributed by atoms with van der Waals surface area (Å²) in [5.74, 6) is 0.640. The van der Waals surface area contributed by atoms with E-state index in [1.54, 1.807) is 42.3 Å². The van der Waals surface area contributed by atoms with E-state index in [0.717, 1.165) is 0 Å². The molecule has 11 N–H and O–H groups in total. The first-order chi connectivity index (χ1) is 27.6. The molecule has 1 aliphatic rings. The predicted molar refractivity (Wildman–Crippen MR) is 218 cm³/mol. The summed E-state index contributed by atoms with van der Waals surface area (Å²) >= 11 is 0. The van der Waals surface area contributed by atoms with Gasteiger partial charge in [0.05, 0.1) is 63.5 Å². The van der Waals surface area contributed by atoms with E-state index in [9.17, 15) is 28.3 Å². The SMILES string of the molecule is CP1(=O)CO[C@@H](Cn2cnc3c(N)ncnc32)CO1.C[C@H](Cn1cnc2c(=O)[nH]c(N)nc21)OCP(C)(=O)O.C[C@H](Cn1cnc2c(N)nc(N)nc21)OCP(C)(=O)O. The molecule has 0 aromatic carbocycles. The molecule has 0 spiro atoms. The zero-order valence-electron chi connectivity index (χ0n) is 32.7. The molecule has 29 heteroatoms. The summed E-state index contributed by atoms with van der Waals surface area (Å²) in [7, 11) is -8.96. The first-order valence-electron chi connectivity index (χ1n) is 17.6. The molecule has 0 amide bonds. The molecule has 1 saturated heterocycles. The average molecular weight is 885 g/mol. The van der Waals surface area contributed by atoms with E-state index < -0.39 is 27.7 Å². The highest BCUT2D eigenvalue weighted by molar-refractivity contribution is 7.58. The van der Waals surface area contributed by atoms with Gasteiger partial charge in [-0.25, -0.2) is 24.9 Å². The van der Waals surface area contributed by atoms with Crippen molar-refractivity contribution in [2.45, 2.75) is 51.8 Å². The van der Waals surface area contributed by atoms with Crippen LogP contribution >= 0.6 is 22.1 Å². The highest BCUT2D eigenvalue weighted by atomic mass is 31.2. The summed E-state index contributed by atoms with van der Waals surface area (Å²) in [6, 6.07) is 0. The monoisotopic (exact) mass is 884 g/mol. The van der Waals surface area contributed by atoms with Crippen LogP contribution in [-0.4, -0.2) is 132 Å². The minimum atomic E-state index is -3.21. The summed E-state index contributed by atoms with van der Waals surface area (Å²) in [6.45, 7) is 9.16. The Bertz CT molecular complexity index is 2590. The molecule has 0 radical (unpaired) electrons. The Kier molecular flexibility index (Phi) is 14.2. The standard InChI is InChI=1S/C10H17N6O3P.C10H16N5O4P.C10H14N5O3P/c1-6(19-5-20(2,17)18)3-16-4-13-7-8(11)14-10(12)15-9(7)16;1-6(19-5-20(2,17)18)3-15-4-12-7-8(15)13-10(11)14-9(7)16;1-19(16)6-17-7(3-18-19)2-15-5-14-8-9(11)12-4-13-10(8)15/h4,6H,3,5H2,1-2H3,(H,17,18)(H4,11,12,14,15);4,6H,3,5H2,1-2H3,(H,17,18)(H3,11,13,14,16);4-5,7H,2-3,6H2,1H3,(H2,11,12,13)/t2*6-;7-,19?/m110/s1. The third kappa shape index (κ3) is 12.8. The lowest BCUT2D eigenvalue weighted by Gasteiger charge is -2.27. The Morgan fingerprint density at radius 1 is 0.831 bits per heavy atom. The van der Waals surface area contributed by atoms with Crippen molar-refractivity contribution in [1.29, 1.82) is 0 Å². The number of nitrogens with one attached hydrogen (secondary N) is 1. The summed E-state index contributed by atoms with van der Waals surface area (Å²) < 4.78 is 60.6. The second-order valence-corrected chi connectivity index (χ2v) is 21.2. The number of aromatic nitrogens is 12. The third-order valence-corrected chi connectivity index (χ3v) is 10.6. The van der Waals surface area contributed by atoms with Gasteiger partial charge in [-0.1, -0.05) is 0 Å². The maximum absolute atomic E-state index is 11.6. The molecule has 1 fully saturated rings. The van der Waals surface area contributed by atoms with Crippen LogP contribution in [0.15, 0.2) is 30.1 Å². The van der Waals surface area contributed by atoms with Crippen molar-refractivity contribution in [2.24, 2.45) is 0 Å². The van der Waals surface area contributed by atoms with Crippen LogP contribution < -0.4 is 28.5 Å². The molecule has 59 heavy (non-hydrogen) atoms. The van der Waals surface area contributed by atoms with E-state index in [2.05, 4.69) is 44.9 Å². The van der Waals surface area contributed by atoms with Gasteiger partial charge in [0.25, 0.3) is 5.56 Å². The lowest BCUT2D eigenvalue weighted by molar-refractivity contribution is 0.00508. The molecular weight excluding hydrogens is 837 g/mol. The molecule has 26 nitrogen and oxygen atoms in total. The number of imidazole rings is 3. The summed E-state index contributed by atoms with van der Waals surface area (Å²) in [6.07, 6.45) is 4.97. The molecule has 7 rings (SSSR count). The molecule has 7 heterocycles. The van der Waals surface area contributed by atoms with E-state index in [4.69, 9.17) is 41.7 Å². The number of hydrogen-bond acceptors (Lipinski definition) is 20. The van der Waals surface area contributed by atoms with E-state index in [1.165, 1.54) is 26.0 Å². The van der Waals surface area contributed by atoms with Crippen LogP contribution in [0.4, 0.5) is 23.5 Å². The molecule has 0 bridgehead atoms. The van der Waals surface area contributed by atoms with Crippen LogP contribution in [0.2, 0.25) is 0 Å². The number of anilines is 4. The normalized spacial score (nSPS) is 19.9. The first-order valence-corrected chi connectivity index (χ1v) is 24.4. The Hall–Kier alpha value is -4.90. The van der Waals surface area contributed by atoms with E-state index >= 15 is 0 Å². The van der Waals surface area contributed by atoms with Crippen molar-refractivity contribution in [2.75, 3.05) is 68.6 Å². The molecule has 6 aromatic heterocycles. The van der Waals surface area contributed by atoms with Crippen LogP contribution in [0.1, 0.15) is 13.8 Å². The first kappa shape index (κ1) is 45.2. The largest absolute Gasteiger partial charge is 0.382 e. The molecule has 6 atom stereocenters. The highest BCUT2D eigenvalue weighted by Gasteiger charge is 2.28. The number of H-pyrrole nitrogens is 1. The number of aromatic amines is 1. The summed E-state index contributed by atoms with van der Waals surface area (Å²) in [5, 5.41) is 0. The highest BCUT2D eigenvalue weighted by Crippen LogP contribution is 2.45. The van der Waals surface area contributed by atoms with Crippen LogP contribution in [0.25, 0.3) is 33.5 Å². The number of rotatable bonds is 12. The van der Waals surface area contributed by atoms with Crippen molar-refractivity contribution in [3.63, 3.8) is 0 Å². The molecule has 322 valence electrons. The third-order valence-electron chi connectivity index (χ3n) is 8.01. The van der Waals surface area contributed by atoms with Gasteiger partial charge in [0.2, 0.25) is 34.0 Å². The topological polar surface area (TPSA) is 383 Å². The quantitative estimate of drug-likeness (QED) is 0.0839. The fraction of sp³-hybridized carbons (Fsp3) is 0.500. The maximum Gasteiger partial charge on any atom is 0.280 e. The van der Waals surface area contributed by atoms with Crippen molar-refractivity contribution >= 4 is 79.1 Å². The van der Waals surface area contributed by atoms with Gasteiger partial charge in [-0.3, -0.25) is 23.5 Å². The summed E-state index contributed by atoms with van der Waals surface area (Å²) in [4.78, 5) is 64.6. The van der Waals surface area contributed by atoms with Gasteiger partial charge in [0, 0.05) is 20.0 Å². The minimum absolute atomic E-state index is 0.00578. The van der Waals surface area contributed by atoms with Gasteiger partial charge >= 0.3 is 0 Å². The van der Waals surface area contributed by atoms with E-state index in [1.807, 2.05) is 4.57 Å². The van der Waals surface area contributed by atoms with Gasteiger partial charge in [0.1, 0.15) is 36.4 Å². The van der Waals surface area contributed by atoms with Crippen LogP contribution in [-0.2, 0) is 52.1 Å². The van der Waals surface area contributed by atoms with Gasteiger partial charge in [-0.15, -0.1) is 0 Å². The number of fused-ring (bicyclic) bond motifs is 3. The Balaban J connectivity index is 0.000000168. The van der Waals surface area contributed by atoms with Crippen LogP contribution in [0.5, 0.6) is 0 Å². The van der Waals surface area contributed by atoms with Gasteiger partial charge in [-0.2, -0.15) is 15.0 Å². The molecule has 3 unspecified atom stereocenters. The number of nitrogen functional groups attached to an aromatic ring is 4. The Morgan fingerprint density at radius 3 is 1.93 bits per heavy atom. The van der Waals surface area contributed by atoms with Crippen molar-refractivity contribution in [1.82, 2.24) is 58.6 Å². The fourth-order valence-corrected chi connectivity index (χ4v) is 7.44. The smallest absolute Gasteiger partial charge is 0.280 e. The molecular formula is C30H47N16O10P3. The van der Waals surface area contributed by atoms with Crippen molar-refractivity contribution in [3.8, 4) is 0 Å². The van der Waals surface area contributed by atoms with Gasteiger partial charge in [-0.05, 0) is 13.8 Å². The summed E-state index contributed by atoms with van der Waals surface area (Å²) in [5.41, 5.74) is 24.8. The second-order valence-electron chi connectivity index (χ2n) is 13.9. The van der Waals surface area contributed by atoms with E-state index in [-0.39, 0.29) is 60.6 Å². The molecule has 0 saturated carbocycles. The zero-order chi connectivity index (χ0) is 43.3. The predicted octanol–water partition coefficient (Wildman–Crippen LogP) is 0.907. The zero-order valence-corrected chi connectivity index (χ0v) is 35.4. The molecule has 0 aliphatic carbocycles. The average Bonchev–Trinajstić information content (AvgIpc) is 3.86. The molecule has 6 aromatic rings. The Labute approximate surface area is 335 Å². The van der Waals surface area contributed by atoms with Crippen LogP contribution in [0.3, 0.4) is 0 Å². The van der Waals surface area contributed by atoms with E-state index in [0.29, 0.717) is 60.0 Å². The second kappa shape index (κ2) is 18.6. The van der Waals surface area contributed by atoms with Gasteiger partial charge < -0.3 is 65.2 Å². The van der Waals surface area contributed by atoms with Crippen molar-refractivity contribution < 1.29 is 42.2 Å². The molecule has 1 aliphatic heterocycles. The minimum Gasteiger partial charge on any atom is -0.382 e.